The number of benzene rings is 1. The van der Waals surface area contributed by atoms with Crippen LogP contribution in [0.25, 0.3) is 0 Å². The monoisotopic (exact) mass is 299 g/mol. The quantitative estimate of drug-likeness (QED) is 0.782. The smallest absolute Gasteiger partial charge is 0.333 e. The van der Waals surface area contributed by atoms with Crippen LogP contribution < -0.4 is 0 Å². The van der Waals surface area contributed by atoms with Crippen molar-refractivity contribution in [2.24, 2.45) is 0 Å². The summed E-state index contributed by atoms with van der Waals surface area (Å²) in [6.07, 6.45) is -5.96. The largest absolute Gasteiger partial charge is 0.463 e. The van der Waals surface area contributed by atoms with Crippen molar-refractivity contribution in [3.05, 3.63) is 35.6 Å². The molecule has 1 aromatic carbocycles. The molecule has 0 aromatic heterocycles. The predicted molar refractivity (Wildman–Crippen MR) is 58.6 cm³/mol. The highest BCUT2D eigenvalue weighted by molar-refractivity contribution is 5.84. The van der Waals surface area contributed by atoms with Gasteiger partial charge in [0, 0.05) is 7.05 Å². The van der Waals surface area contributed by atoms with Gasteiger partial charge in [-0.2, -0.15) is 22.0 Å². The highest BCUT2D eigenvalue weighted by atomic mass is 19.4. The molecule has 0 fully saturated rings. The lowest BCUT2D eigenvalue weighted by atomic mass is 10.1. The van der Waals surface area contributed by atoms with Crippen molar-refractivity contribution in [1.82, 2.24) is 4.90 Å². The zero-order valence-corrected chi connectivity index (χ0v) is 10.5. The van der Waals surface area contributed by atoms with E-state index in [4.69, 9.17) is 0 Å². The molecule has 8 heteroatoms. The predicted octanol–water partition coefficient (Wildman–Crippen LogP) is 3.54. The topological polar surface area (TPSA) is 20.3 Å². The van der Waals surface area contributed by atoms with Crippen molar-refractivity contribution in [2.75, 3.05) is 7.05 Å². The summed E-state index contributed by atoms with van der Waals surface area (Å²) in [7, 11) is 0.829. The molecular formula is C12H11F6NO. The van der Waals surface area contributed by atoms with Crippen LogP contribution in [0.2, 0.25) is 0 Å². The molecule has 20 heavy (non-hydrogen) atoms. The summed E-state index contributed by atoms with van der Waals surface area (Å²) in [4.78, 5) is 11.6. The van der Waals surface area contributed by atoms with Gasteiger partial charge in [0.2, 0.25) is 0 Å². The van der Waals surface area contributed by atoms with Crippen LogP contribution in [0.5, 0.6) is 0 Å². The minimum absolute atomic E-state index is 0.236. The number of carbonyl (C=O) groups is 1. The van der Waals surface area contributed by atoms with Gasteiger partial charge in [-0.25, -0.2) is 4.39 Å². The number of alkyl halides is 5. The molecule has 0 aliphatic heterocycles. The molecule has 0 N–H and O–H groups in total. The van der Waals surface area contributed by atoms with Gasteiger partial charge in [-0.1, -0.05) is 12.1 Å². The van der Waals surface area contributed by atoms with E-state index in [0.29, 0.717) is 0 Å². The van der Waals surface area contributed by atoms with Gasteiger partial charge in [0.1, 0.15) is 5.82 Å². The Morgan fingerprint density at radius 1 is 1.10 bits per heavy atom. The van der Waals surface area contributed by atoms with Crippen LogP contribution in [0.15, 0.2) is 24.3 Å². The van der Waals surface area contributed by atoms with E-state index in [2.05, 4.69) is 0 Å². The molecule has 0 radical (unpaired) electrons. The normalized spacial score (nSPS) is 14.0. The fourth-order valence-corrected chi connectivity index (χ4v) is 1.48. The third-order valence-electron chi connectivity index (χ3n) is 2.88. The number of amides is 1. The Hall–Kier alpha value is -1.73. The third-order valence-corrected chi connectivity index (χ3v) is 2.88. The summed E-state index contributed by atoms with van der Waals surface area (Å²) < 4.78 is 74.9. The summed E-state index contributed by atoms with van der Waals surface area (Å²) in [6, 6.07) is 3.39. The Morgan fingerprint density at radius 3 is 1.95 bits per heavy atom. The van der Waals surface area contributed by atoms with Crippen LogP contribution in [0.1, 0.15) is 18.5 Å². The number of nitrogens with zero attached hydrogens (tertiary/aromatic N) is 1. The van der Waals surface area contributed by atoms with E-state index in [-0.39, 0.29) is 10.5 Å². The van der Waals surface area contributed by atoms with Crippen molar-refractivity contribution >= 4 is 5.91 Å². The van der Waals surface area contributed by atoms with Gasteiger partial charge >= 0.3 is 18.0 Å². The molecule has 0 aliphatic carbocycles. The van der Waals surface area contributed by atoms with Crippen molar-refractivity contribution in [1.29, 1.82) is 0 Å². The maximum atomic E-state index is 12.9. The second-order valence-corrected chi connectivity index (χ2v) is 4.22. The molecular weight excluding hydrogens is 288 g/mol. The third kappa shape index (κ3) is 3.05. The second kappa shape index (κ2) is 5.34. The van der Waals surface area contributed by atoms with Gasteiger partial charge in [0.25, 0.3) is 0 Å². The molecule has 0 saturated heterocycles. The van der Waals surface area contributed by atoms with Gasteiger partial charge in [-0.05, 0) is 24.6 Å². The average Bonchev–Trinajstić information content (AvgIpc) is 2.35. The van der Waals surface area contributed by atoms with Crippen LogP contribution in [0.3, 0.4) is 0 Å². The lowest BCUT2D eigenvalue weighted by molar-refractivity contribution is -0.274. The number of carbonyl (C=O) groups excluding carboxylic acids is 1. The Kier molecular flexibility index (Phi) is 4.36. The van der Waals surface area contributed by atoms with Gasteiger partial charge in [0.15, 0.2) is 0 Å². The standard InChI is InChI=1S/C12H11F6NO/c1-7(8-3-5-9(13)6-4-8)19(2)10(20)11(14,15)12(16,17)18/h3-7H,1-2H3. The maximum Gasteiger partial charge on any atom is 0.463 e. The molecule has 1 unspecified atom stereocenters. The molecule has 1 rings (SSSR count). The lowest BCUT2D eigenvalue weighted by Crippen LogP contribution is -2.51. The van der Waals surface area contributed by atoms with Crippen LogP contribution in [-0.4, -0.2) is 30.0 Å². The Morgan fingerprint density at radius 2 is 1.55 bits per heavy atom. The first-order valence-corrected chi connectivity index (χ1v) is 5.45. The summed E-state index contributed by atoms with van der Waals surface area (Å²) >= 11 is 0. The van der Waals surface area contributed by atoms with Gasteiger partial charge in [-0.15, -0.1) is 0 Å². The van der Waals surface area contributed by atoms with E-state index in [9.17, 15) is 31.1 Å². The van der Waals surface area contributed by atoms with Gasteiger partial charge in [-0.3, -0.25) is 4.79 Å². The van der Waals surface area contributed by atoms with Crippen molar-refractivity contribution in [3.8, 4) is 0 Å². The number of rotatable bonds is 3. The Labute approximate surface area is 111 Å². The van der Waals surface area contributed by atoms with E-state index < -0.39 is 29.9 Å². The summed E-state index contributed by atoms with van der Waals surface area (Å²) in [5, 5.41) is 0. The molecule has 0 aliphatic rings. The minimum Gasteiger partial charge on any atom is -0.333 e. The summed E-state index contributed by atoms with van der Waals surface area (Å²) in [5.41, 5.74) is 0.236. The minimum atomic E-state index is -5.96. The maximum absolute atomic E-state index is 12.9. The summed E-state index contributed by atoms with van der Waals surface area (Å²) in [6.45, 7) is 1.26. The first-order chi connectivity index (χ1) is 8.98. The highest BCUT2D eigenvalue weighted by Crippen LogP contribution is 2.38. The molecule has 112 valence electrons. The molecule has 2 nitrogen and oxygen atoms in total. The lowest BCUT2D eigenvalue weighted by Gasteiger charge is -2.29. The molecule has 0 bridgehead atoms. The van der Waals surface area contributed by atoms with E-state index in [0.717, 1.165) is 19.2 Å². The molecule has 0 heterocycles. The van der Waals surface area contributed by atoms with Crippen LogP contribution in [0.4, 0.5) is 26.3 Å². The molecule has 0 saturated carbocycles. The fraction of sp³-hybridized carbons (Fsp3) is 0.417. The van der Waals surface area contributed by atoms with Crippen molar-refractivity contribution < 1.29 is 31.1 Å². The zero-order valence-electron chi connectivity index (χ0n) is 10.5. The number of hydrogen-bond donors (Lipinski definition) is 0. The van der Waals surface area contributed by atoms with Gasteiger partial charge in [0.05, 0.1) is 6.04 Å². The highest BCUT2D eigenvalue weighted by Gasteiger charge is 2.64. The van der Waals surface area contributed by atoms with E-state index in [1.54, 1.807) is 0 Å². The van der Waals surface area contributed by atoms with Gasteiger partial charge < -0.3 is 4.90 Å². The number of hydrogen-bond acceptors (Lipinski definition) is 1. The van der Waals surface area contributed by atoms with Crippen molar-refractivity contribution in [2.45, 2.75) is 25.1 Å². The molecule has 1 atom stereocenters. The average molecular weight is 299 g/mol. The molecule has 1 amide bonds. The first kappa shape index (κ1) is 16.3. The van der Waals surface area contributed by atoms with Crippen LogP contribution >= 0.6 is 0 Å². The molecule has 1 aromatic rings. The first-order valence-electron chi connectivity index (χ1n) is 5.45. The summed E-state index contributed by atoms with van der Waals surface area (Å²) in [5.74, 6) is -8.41. The second-order valence-electron chi connectivity index (χ2n) is 4.22. The van der Waals surface area contributed by atoms with Crippen LogP contribution in [-0.2, 0) is 4.79 Å². The molecule has 0 spiro atoms. The fourth-order valence-electron chi connectivity index (χ4n) is 1.48. The van der Waals surface area contributed by atoms with E-state index >= 15 is 0 Å². The van der Waals surface area contributed by atoms with Crippen LogP contribution in [0, 0.1) is 5.82 Å². The zero-order chi connectivity index (χ0) is 15.7. The van der Waals surface area contributed by atoms with Crippen molar-refractivity contribution in [3.63, 3.8) is 0 Å². The Balaban J connectivity index is 2.97. The Bertz CT molecular complexity index is 482. The number of halogens is 6. The SMILES string of the molecule is CC(c1ccc(F)cc1)N(C)C(=O)C(F)(F)C(F)(F)F. The van der Waals surface area contributed by atoms with E-state index in [1.165, 1.54) is 19.1 Å². The van der Waals surface area contributed by atoms with E-state index in [1.807, 2.05) is 0 Å².